The number of rotatable bonds is 6. The van der Waals surface area contributed by atoms with Crippen molar-refractivity contribution in [3.05, 3.63) is 18.2 Å². The number of ether oxygens (including phenoxy) is 1. The molecule has 0 saturated heterocycles. The molecular formula is C13H20N2O2. The van der Waals surface area contributed by atoms with Gasteiger partial charge in [-0.1, -0.05) is 13.8 Å². The zero-order valence-electron chi connectivity index (χ0n) is 10.5. The normalized spacial score (nSPS) is 17.2. The molecule has 0 bridgehead atoms. The first-order valence-electron chi connectivity index (χ1n) is 6.22. The van der Waals surface area contributed by atoms with Crippen LogP contribution in [-0.4, -0.2) is 28.3 Å². The van der Waals surface area contributed by atoms with Gasteiger partial charge in [0.25, 0.3) is 0 Å². The van der Waals surface area contributed by atoms with Crippen LogP contribution in [0.3, 0.4) is 0 Å². The van der Waals surface area contributed by atoms with Gasteiger partial charge in [0.2, 0.25) is 0 Å². The van der Waals surface area contributed by atoms with Crippen LogP contribution in [0.2, 0.25) is 0 Å². The van der Waals surface area contributed by atoms with Crippen LogP contribution in [0.1, 0.15) is 38.9 Å². The Bertz CT molecular complexity index is 358. The Kier molecular flexibility index (Phi) is 3.62. The number of nitrogens with zero attached hydrogens (tertiary/aromatic N) is 2. The summed E-state index contributed by atoms with van der Waals surface area (Å²) in [7, 11) is 0. The first-order chi connectivity index (χ1) is 8.16. The Labute approximate surface area is 102 Å². The van der Waals surface area contributed by atoms with E-state index in [0.717, 1.165) is 25.1 Å². The summed E-state index contributed by atoms with van der Waals surface area (Å²) in [5, 5.41) is 9.27. The molecule has 1 N–H and O–H groups in total. The fourth-order valence-electron chi connectivity index (χ4n) is 1.68. The third kappa shape index (κ3) is 2.94. The summed E-state index contributed by atoms with van der Waals surface area (Å²) in [4.78, 5) is 8.57. The topological polar surface area (TPSA) is 55.2 Å². The minimum Gasteiger partial charge on any atom is -0.490 e. The highest BCUT2D eigenvalue weighted by molar-refractivity contribution is 5.21. The van der Waals surface area contributed by atoms with E-state index in [9.17, 15) is 5.11 Å². The predicted octanol–water partition coefficient (Wildman–Crippen LogP) is 1.93. The average molecular weight is 236 g/mol. The third-order valence-electron chi connectivity index (χ3n) is 3.22. The summed E-state index contributed by atoms with van der Waals surface area (Å²) in [5.41, 5.74) is -0.156. The summed E-state index contributed by atoms with van der Waals surface area (Å²) in [6.45, 7) is 5.17. The van der Waals surface area contributed by atoms with E-state index in [1.165, 1.54) is 0 Å². The molecule has 17 heavy (non-hydrogen) atoms. The Hall–Kier alpha value is -1.16. The molecular weight excluding hydrogens is 216 g/mol. The van der Waals surface area contributed by atoms with Crippen LogP contribution in [-0.2, 0) is 5.41 Å². The van der Waals surface area contributed by atoms with Crippen molar-refractivity contribution in [2.24, 2.45) is 5.92 Å². The van der Waals surface area contributed by atoms with Gasteiger partial charge < -0.3 is 9.84 Å². The van der Waals surface area contributed by atoms with Crippen molar-refractivity contribution in [3.8, 4) is 5.75 Å². The molecule has 0 aliphatic heterocycles. The standard InChI is InChI=1S/C13H20N2O2/c1-10(2)3-6-17-11-7-14-12(15-8-11)13(9-16)4-5-13/h7-8,10,16H,3-6,9H2,1-2H3. The molecule has 1 aromatic heterocycles. The van der Waals surface area contributed by atoms with Gasteiger partial charge >= 0.3 is 0 Å². The Morgan fingerprint density at radius 1 is 1.35 bits per heavy atom. The molecule has 1 aliphatic rings. The summed E-state index contributed by atoms with van der Waals surface area (Å²) >= 11 is 0. The van der Waals surface area contributed by atoms with E-state index >= 15 is 0 Å². The molecule has 0 unspecified atom stereocenters. The smallest absolute Gasteiger partial charge is 0.155 e. The number of aromatic nitrogens is 2. The zero-order valence-corrected chi connectivity index (χ0v) is 10.5. The van der Waals surface area contributed by atoms with Crippen molar-refractivity contribution in [2.75, 3.05) is 13.2 Å². The maximum Gasteiger partial charge on any atom is 0.155 e. The molecule has 4 nitrogen and oxygen atoms in total. The van der Waals surface area contributed by atoms with E-state index in [4.69, 9.17) is 4.74 Å². The predicted molar refractivity (Wildman–Crippen MR) is 65.0 cm³/mol. The molecule has 0 atom stereocenters. The van der Waals surface area contributed by atoms with E-state index in [1.54, 1.807) is 12.4 Å². The monoisotopic (exact) mass is 236 g/mol. The van der Waals surface area contributed by atoms with Gasteiger partial charge in [0.15, 0.2) is 5.75 Å². The third-order valence-corrected chi connectivity index (χ3v) is 3.22. The van der Waals surface area contributed by atoms with Gasteiger partial charge in [0, 0.05) is 0 Å². The molecule has 0 amide bonds. The molecule has 1 fully saturated rings. The summed E-state index contributed by atoms with van der Waals surface area (Å²) in [5.74, 6) is 2.10. The van der Waals surface area contributed by atoms with Gasteiger partial charge in [-0.15, -0.1) is 0 Å². The summed E-state index contributed by atoms with van der Waals surface area (Å²) in [6, 6.07) is 0. The van der Waals surface area contributed by atoms with Gasteiger partial charge in [0.1, 0.15) is 5.82 Å². The second-order valence-corrected chi connectivity index (χ2v) is 5.21. The second kappa shape index (κ2) is 5.00. The SMILES string of the molecule is CC(C)CCOc1cnc(C2(CO)CC2)nc1. The fraction of sp³-hybridized carbons (Fsp3) is 0.692. The van der Waals surface area contributed by atoms with Crippen LogP contribution in [0.15, 0.2) is 12.4 Å². The minimum atomic E-state index is -0.156. The Morgan fingerprint density at radius 2 is 2.00 bits per heavy atom. The fourth-order valence-corrected chi connectivity index (χ4v) is 1.68. The molecule has 1 aliphatic carbocycles. The lowest BCUT2D eigenvalue weighted by molar-refractivity contribution is 0.248. The minimum absolute atomic E-state index is 0.139. The lowest BCUT2D eigenvalue weighted by atomic mass is 10.1. The highest BCUT2D eigenvalue weighted by Crippen LogP contribution is 2.45. The first kappa shape index (κ1) is 12.3. The van der Waals surface area contributed by atoms with Crippen molar-refractivity contribution in [1.29, 1.82) is 0 Å². The molecule has 0 spiro atoms. The van der Waals surface area contributed by atoms with Crippen molar-refractivity contribution < 1.29 is 9.84 Å². The maximum absolute atomic E-state index is 9.27. The zero-order chi connectivity index (χ0) is 12.3. The van der Waals surface area contributed by atoms with Crippen molar-refractivity contribution >= 4 is 0 Å². The highest BCUT2D eigenvalue weighted by atomic mass is 16.5. The van der Waals surface area contributed by atoms with Crippen LogP contribution < -0.4 is 4.74 Å². The maximum atomic E-state index is 9.27. The second-order valence-electron chi connectivity index (χ2n) is 5.21. The van der Waals surface area contributed by atoms with Gasteiger partial charge in [-0.05, 0) is 25.2 Å². The summed E-state index contributed by atoms with van der Waals surface area (Å²) in [6.07, 6.45) is 6.41. The van der Waals surface area contributed by atoms with Crippen LogP contribution in [0, 0.1) is 5.92 Å². The highest BCUT2D eigenvalue weighted by Gasteiger charge is 2.46. The molecule has 1 saturated carbocycles. The quantitative estimate of drug-likeness (QED) is 0.820. The van der Waals surface area contributed by atoms with Crippen LogP contribution in [0.5, 0.6) is 5.75 Å². The molecule has 0 aromatic carbocycles. The van der Waals surface area contributed by atoms with Gasteiger partial charge in [0.05, 0.1) is 31.0 Å². The Balaban J connectivity index is 1.90. The van der Waals surface area contributed by atoms with Crippen molar-refractivity contribution in [1.82, 2.24) is 9.97 Å². The lowest BCUT2D eigenvalue weighted by Crippen LogP contribution is -2.16. The number of hydrogen-bond acceptors (Lipinski definition) is 4. The Morgan fingerprint density at radius 3 is 2.47 bits per heavy atom. The molecule has 1 aromatic rings. The lowest BCUT2D eigenvalue weighted by Gasteiger charge is -2.11. The molecule has 94 valence electrons. The van der Waals surface area contributed by atoms with Crippen LogP contribution >= 0.6 is 0 Å². The number of hydrogen-bond donors (Lipinski definition) is 1. The molecule has 4 heteroatoms. The van der Waals surface area contributed by atoms with Gasteiger partial charge in [-0.3, -0.25) is 0 Å². The summed E-state index contributed by atoms with van der Waals surface area (Å²) < 4.78 is 5.55. The van der Waals surface area contributed by atoms with E-state index in [2.05, 4.69) is 23.8 Å². The van der Waals surface area contributed by atoms with E-state index < -0.39 is 0 Å². The largest absolute Gasteiger partial charge is 0.490 e. The number of aliphatic hydroxyl groups is 1. The van der Waals surface area contributed by atoms with Crippen LogP contribution in [0.4, 0.5) is 0 Å². The van der Waals surface area contributed by atoms with E-state index in [-0.39, 0.29) is 12.0 Å². The molecule has 2 rings (SSSR count). The number of aliphatic hydroxyl groups excluding tert-OH is 1. The van der Waals surface area contributed by atoms with Crippen molar-refractivity contribution in [3.63, 3.8) is 0 Å². The van der Waals surface area contributed by atoms with E-state index in [1.807, 2.05) is 0 Å². The first-order valence-corrected chi connectivity index (χ1v) is 6.22. The van der Waals surface area contributed by atoms with Crippen molar-refractivity contribution in [2.45, 2.75) is 38.5 Å². The molecule has 0 radical (unpaired) electrons. The molecule has 1 heterocycles. The van der Waals surface area contributed by atoms with Gasteiger partial charge in [-0.2, -0.15) is 0 Å². The van der Waals surface area contributed by atoms with E-state index in [0.29, 0.717) is 18.3 Å². The van der Waals surface area contributed by atoms with Gasteiger partial charge in [-0.25, -0.2) is 9.97 Å². The average Bonchev–Trinajstić information content (AvgIpc) is 3.10. The van der Waals surface area contributed by atoms with Crippen LogP contribution in [0.25, 0.3) is 0 Å².